The fourth-order valence-electron chi connectivity index (χ4n) is 2.98. The van der Waals surface area contributed by atoms with Crippen molar-refractivity contribution in [2.24, 2.45) is 7.05 Å². The summed E-state index contributed by atoms with van der Waals surface area (Å²) in [6, 6.07) is 7.32. The van der Waals surface area contributed by atoms with E-state index in [1.807, 2.05) is 29.9 Å². The summed E-state index contributed by atoms with van der Waals surface area (Å²) in [7, 11) is 2.01. The van der Waals surface area contributed by atoms with Crippen LogP contribution in [0.1, 0.15) is 12.8 Å². The Morgan fingerprint density at radius 1 is 1.38 bits per heavy atom. The van der Waals surface area contributed by atoms with E-state index in [-0.39, 0.29) is 10.6 Å². The first-order valence-corrected chi connectivity index (χ1v) is 7.15. The molecule has 2 heterocycles. The third-order valence-electron chi connectivity index (χ3n) is 4.01. The van der Waals surface area contributed by atoms with Crippen LogP contribution in [-0.2, 0) is 13.6 Å². The van der Waals surface area contributed by atoms with E-state index in [2.05, 4.69) is 22.0 Å². The van der Waals surface area contributed by atoms with E-state index in [0.29, 0.717) is 6.04 Å². The molecule has 21 heavy (non-hydrogen) atoms. The van der Waals surface area contributed by atoms with Gasteiger partial charge in [-0.05, 0) is 25.0 Å². The molecule has 1 aliphatic rings. The summed E-state index contributed by atoms with van der Waals surface area (Å²) in [4.78, 5) is 12.7. The minimum atomic E-state index is -0.356. The molecule has 0 spiro atoms. The lowest BCUT2D eigenvalue weighted by molar-refractivity contribution is -0.671. The minimum absolute atomic E-state index is 0.145. The smallest absolute Gasteiger partial charge is 0.269 e. The maximum Gasteiger partial charge on any atom is 0.269 e. The average Bonchev–Trinajstić information content (AvgIpc) is 3.09. The van der Waals surface area contributed by atoms with Gasteiger partial charge in [-0.2, -0.15) is 0 Å². The number of hydrogen-bond donors (Lipinski definition) is 0. The molecule has 0 amide bonds. The van der Waals surface area contributed by atoms with Crippen molar-refractivity contribution in [3.8, 4) is 0 Å². The van der Waals surface area contributed by atoms with Crippen LogP contribution in [-0.4, -0.2) is 22.1 Å². The predicted molar refractivity (Wildman–Crippen MR) is 79.1 cm³/mol. The molecule has 6 nitrogen and oxygen atoms in total. The number of hydrogen-bond acceptors (Lipinski definition) is 3. The highest BCUT2D eigenvalue weighted by Crippen LogP contribution is 2.27. The molecule has 0 radical (unpaired) electrons. The Kier molecular flexibility index (Phi) is 3.60. The van der Waals surface area contributed by atoms with E-state index in [4.69, 9.17) is 0 Å². The first-order valence-electron chi connectivity index (χ1n) is 7.15. The van der Waals surface area contributed by atoms with Crippen LogP contribution in [0.5, 0.6) is 0 Å². The quantitative estimate of drug-likeness (QED) is 0.490. The Morgan fingerprint density at radius 2 is 2.14 bits per heavy atom. The minimum Gasteiger partial charge on any atom is -0.365 e. The van der Waals surface area contributed by atoms with Crippen molar-refractivity contribution in [3.63, 3.8) is 0 Å². The van der Waals surface area contributed by atoms with Crippen molar-refractivity contribution >= 4 is 11.4 Å². The highest BCUT2D eigenvalue weighted by atomic mass is 16.6. The van der Waals surface area contributed by atoms with Crippen LogP contribution in [0.4, 0.5) is 11.4 Å². The molecule has 0 bridgehead atoms. The highest BCUT2D eigenvalue weighted by molar-refractivity contribution is 5.52. The number of nitro benzene ring substituents is 1. The largest absolute Gasteiger partial charge is 0.365 e. The Hall–Kier alpha value is -2.37. The van der Waals surface area contributed by atoms with E-state index in [9.17, 15) is 10.1 Å². The van der Waals surface area contributed by atoms with E-state index in [1.54, 1.807) is 12.1 Å². The van der Waals surface area contributed by atoms with Crippen molar-refractivity contribution < 1.29 is 9.49 Å². The summed E-state index contributed by atoms with van der Waals surface area (Å²) in [6.45, 7) is 1.95. The Balaban J connectivity index is 1.75. The third-order valence-corrected chi connectivity index (χ3v) is 4.01. The molecule has 1 aromatic carbocycles. The van der Waals surface area contributed by atoms with Gasteiger partial charge in [0.2, 0.25) is 6.33 Å². The second kappa shape index (κ2) is 5.55. The third kappa shape index (κ3) is 2.89. The number of nitrogens with zero attached hydrogens (tertiary/aromatic N) is 4. The zero-order valence-electron chi connectivity index (χ0n) is 12.1. The molecule has 0 aliphatic carbocycles. The summed E-state index contributed by atoms with van der Waals surface area (Å²) < 4.78 is 4.22. The molecule has 1 atom stereocenters. The predicted octanol–water partition coefficient (Wildman–Crippen LogP) is 1.89. The first-order chi connectivity index (χ1) is 10.1. The molecule has 0 saturated carbocycles. The lowest BCUT2D eigenvalue weighted by atomic mass is 10.2. The van der Waals surface area contributed by atoms with Gasteiger partial charge >= 0.3 is 0 Å². The number of aryl methyl sites for hydroxylation is 1. The first kappa shape index (κ1) is 13.6. The summed E-state index contributed by atoms with van der Waals surface area (Å²) >= 11 is 0. The SMILES string of the molecule is C[n+]1ccn(CC2CCCN2c2ccc([N+](=O)[O-])cc2)c1. The molecule has 1 fully saturated rings. The van der Waals surface area contributed by atoms with Gasteiger partial charge in [-0.3, -0.25) is 10.1 Å². The Morgan fingerprint density at radius 3 is 2.76 bits per heavy atom. The number of anilines is 1. The van der Waals surface area contributed by atoms with Gasteiger partial charge in [0.1, 0.15) is 18.9 Å². The topological polar surface area (TPSA) is 55.2 Å². The van der Waals surface area contributed by atoms with Crippen LogP contribution in [0.15, 0.2) is 43.0 Å². The van der Waals surface area contributed by atoms with Crippen LogP contribution in [0.25, 0.3) is 0 Å². The molecule has 1 aliphatic heterocycles. The summed E-state index contributed by atoms with van der Waals surface area (Å²) in [5.41, 5.74) is 1.21. The van der Waals surface area contributed by atoms with Crippen molar-refractivity contribution in [3.05, 3.63) is 53.1 Å². The van der Waals surface area contributed by atoms with Gasteiger partial charge in [0.05, 0.1) is 18.0 Å². The van der Waals surface area contributed by atoms with Crippen molar-refractivity contribution in [1.82, 2.24) is 4.57 Å². The number of aromatic nitrogens is 2. The molecule has 1 saturated heterocycles. The number of non-ortho nitro benzene ring substituents is 1. The van der Waals surface area contributed by atoms with Crippen molar-refractivity contribution in [2.75, 3.05) is 11.4 Å². The van der Waals surface area contributed by atoms with Gasteiger partial charge in [-0.15, -0.1) is 0 Å². The van der Waals surface area contributed by atoms with Gasteiger partial charge < -0.3 is 4.90 Å². The molecule has 1 unspecified atom stereocenters. The van der Waals surface area contributed by atoms with Gasteiger partial charge in [0.15, 0.2) is 0 Å². The molecule has 110 valence electrons. The van der Waals surface area contributed by atoms with Gasteiger partial charge in [-0.25, -0.2) is 9.13 Å². The molecular weight excluding hydrogens is 268 g/mol. The maximum atomic E-state index is 10.7. The van der Waals surface area contributed by atoms with E-state index < -0.39 is 0 Å². The van der Waals surface area contributed by atoms with Crippen molar-refractivity contribution in [1.29, 1.82) is 0 Å². The molecule has 1 aromatic heterocycles. The number of nitro groups is 1. The van der Waals surface area contributed by atoms with E-state index >= 15 is 0 Å². The maximum absolute atomic E-state index is 10.7. The normalized spacial score (nSPS) is 18.1. The fraction of sp³-hybridized carbons (Fsp3) is 0.400. The summed E-state index contributed by atoms with van der Waals surface area (Å²) in [6.07, 6.45) is 8.50. The summed E-state index contributed by atoms with van der Waals surface area (Å²) in [5, 5.41) is 10.7. The standard InChI is InChI=1S/C15H19N4O2/c1-16-9-10-17(12-16)11-15-3-2-8-18(15)13-4-6-14(7-5-13)19(20)21/h4-7,9-10,12,15H,2-3,8,11H2,1H3/q+1. The zero-order valence-corrected chi connectivity index (χ0v) is 12.1. The number of rotatable bonds is 4. The average molecular weight is 287 g/mol. The monoisotopic (exact) mass is 287 g/mol. The van der Waals surface area contributed by atoms with Crippen LogP contribution in [0.2, 0.25) is 0 Å². The van der Waals surface area contributed by atoms with Crippen LogP contribution in [0.3, 0.4) is 0 Å². The zero-order chi connectivity index (χ0) is 14.8. The van der Waals surface area contributed by atoms with E-state index in [0.717, 1.165) is 31.6 Å². The summed E-state index contributed by atoms with van der Waals surface area (Å²) in [5.74, 6) is 0. The van der Waals surface area contributed by atoms with Gasteiger partial charge in [0, 0.05) is 24.4 Å². The molecule has 0 N–H and O–H groups in total. The molecule has 6 heteroatoms. The molecule has 2 aromatic rings. The lowest BCUT2D eigenvalue weighted by Crippen LogP contribution is -2.33. The van der Waals surface area contributed by atoms with Crippen LogP contribution in [0, 0.1) is 10.1 Å². The van der Waals surface area contributed by atoms with Crippen molar-refractivity contribution in [2.45, 2.75) is 25.4 Å². The number of imidazole rings is 1. The second-order valence-corrected chi connectivity index (χ2v) is 5.54. The van der Waals surface area contributed by atoms with E-state index in [1.165, 1.54) is 0 Å². The Labute approximate surface area is 123 Å². The van der Waals surface area contributed by atoms with Crippen LogP contribution < -0.4 is 9.47 Å². The Bertz CT molecular complexity index is 635. The number of benzene rings is 1. The van der Waals surface area contributed by atoms with Gasteiger partial charge in [-0.1, -0.05) is 0 Å². The lowest BCUT2D eigenvalue weighted by Gasteiger charge is -2.25. The second-order valence-electron chi connectivity index (χ2n) is 5.54. The fourth-order valence-corrected chi connectivity index (χ4v) is 2.98. The van der Waals surface area contributed by atoms with Gasteiger partial charge in [0.25, 0.3) is 5.69 Å². The highest BCUT2D eigenvalue weighted by Gasteiger charge is 2.27. The molecular formula is C15H19N4O2+. The molecule has 3 rings (SSSR count). The van der Waals surface area contributed by atoms with Crippen LogP contribution >= 0.6 is 0 Å².